The van der Waals surface area contributed by atoms with Crippen LogP contribution in [0.15, 0.2) is 65.0 Å². The summed E-state index contributed by atoms with van der Waals surface area (Å²) < 4.78 is 7.79. The fourth-order valence-electron chi connectivity index (χ4n) is 3.93. The topological polar surface area (TPSA) is 81.1 Å². The molecule has 2 aromatic carbocycles. The van der Waals surface area contributed by atoms with Crippen LogP contribution in [0, 0.1) is 6.92 Å². The second-order valence-corrected chi connectivity index (χ2v) is 9.73. The summed E-state index contributed by atoms with van der Waals surface area (Å²) in [6, 6.07) is 15.3. The van der Waals surface area contributed by atoms with Crippen molar-refractivity contribution in [1.82, 2.24) is 14.8 Å². The second kappa shape index (κ2) is 11.4. The highest BCUT2D eigenvalue weighted by atomic mass is 32.2. The van der Waals surface area contributed by atoms with Crippen molar-refractivity contribution in [2.24, 2.45) is 0 Å². The van der Waals surface area contributed by atoms with Gasteiger partial charge in [0.2, 0.25) is 11.1 Å². The molecule has 1 aliphatic heterocycles. The summed E-state index contributed by atoms with van der Waals surface area (Å²) in [5.41, 5.74) is 4.16. The molecule has 2 heterocycles. The Hall–Kier alpha value is -3.26. The van der Waals surface area contributed by atoms with Gasteiger partial charge in [0, 0.05) is 17.1 Å². The van der Waals surface area contributed by atoms with Gasteiger partial charge in [0.15, 0.2) is 0 Å². The summed E-state index contributed by atoms with van der Waals surface area (Å²) in [5.74, 6) is 2.18. The number of unbranched alkanes of at least 4 members (excludes halogenated alkanes) is 1. The number of thioether (sulfide) groups is 1. The zero-order valence-electron chi connectivity index (χ0n) is 20.8. The van der Waals surface area contributed by atoms with Crippen LogP contribution in [0.2, 0.25) is 0 Å². The molecule has 0 saturated carbocycles. The highest BCUT2D eigenvalue weighted by Crippen LogP contribution is 2.37. The van der Waals surface area contributed by atoms with Crippen LogP contribution in [0.4, 0.5) is 11.6 Å². The molecule has 7 nitrogen and oxygen atoms in total. The maximum atomic E-state index is 13.6. The molecule has 1 atom stereocenters. The van der Waals surface area contributed by atoms with Gasteiger partial charge in [-0.3, -0.25) is 4.79 Å². The molecule has 1 amide bonds. The lowest BCUT2D eigenvalue weighted by Gasteiger charge is -2.29. The second-order valence-electron chi connectivity index (χ2n) is 8.67. The van der Waals surface area contributed by atoms with Crippen molar-refractivity contribution in [3.05, 3.63) is 70.9 Å². The lowest BCUT2D eigenvalue weighted by atomic mass is 9.94. The molecule has 1 aromatic heterocycles. The summed E-state index contributed by atoms with van der Waals surface area (Å²) in [5, 5.41) is 11.8. The van der Waals surface area contributed by atoms with Gasteiger partial charge in [0.1, 0.15) is 11.8 Å². The molecule has 0 radical (unpaired) electrons. The highest BCUT2D eigenvalue weighted by Gasteiger charge is 2.34. The van der Waals surface area contributed by atoms with Crippen LogP contribution in [0.5, 0.6) is 5.75 Å². The number of aryl methyl sites for hydroxylation is 1. The van der Waals surface area contributed by atoms with Crippen molar-refractivity contribution >= 4 is 29.3 Å². The Morgan fingerprint density at radius 1 is 1.14 bits per heavy atom. The largest absolute Gasteiger partial charge is 0.494 e. The van der Waals surface area contributed by atoms with E-state index in [4.69, 9.17) is 14.8 Å². The number of allylic oxidation sites excluding steroid dienone is 1. The molecule has 8 heteroatoms. The van der Waals surface area contributed by atoms with Gasteiger partial charge in [-0.1, -0.05) is 61.9 Å². The number of carbonyl (C=O) groups is 1. The van der Waals surface area contributed by atoms with Crippen LogP contribution in [0.3, 0.4) is 0 Å². The number of carbonyl (C=O) groups excluding carboxylic acids is 1. The molecule has 0 spiro atoms. The van der Waals surface area contributed by atoms with E-state index in [-0.39, 0.29) is 5.91 Å². The third kappa shape index (κ3) is 5.88. The SMILES string of the molecule is CCCCOc1cccc(C2C(C(=O)Nc3ccc(C)cc3)=C(C)Nc3nc(SCCC)nn32)c1. The average molecular weight is 492 g/mol. The molecule has 1 aliphatic rings. The quantitative estimate of drug-likeness (QED) is 0.260. The van der Waals surface area contributed by atoms with Crippen molar-refractivity contribution in [3.8, 4) is 5.75 Å². The van der Waals surface area contributed by atoms with Gasteiger partial charge in [-0.15, -0.1) is 5.10 Å². The minimum Gasteiger partial charge on any atom is -0.494 e. The van der Waals surface area contributed by atoms with E-state index in [0.29, 0.717) is 23.3 Å². The van der Waals surface area contributed by atoms with E-state index in [2.05, 4.69) is 24.5 Å². The van der Waals surface area contributed by atoms with Crippen LogP contribution in [-0.2, 0) is 4.79 Å². The normalized spacial score (nSPS) is 14.9. The smallest absolute Gasteiger partial charge is 0.255 e. The number of fused-ring (bicyclic) bond motifs is 1. The summed E-state index contributed by atoms with van der Waals surface area (Å²) in [6.07, 6.45) is 3.09. The molecule has 4 rings (SSSR count). The number of aromatic nitrogens is 3. The average Bonchev–Trinajstić information content (AvgIpc) is 3.25. The van der Waals surface area contributed by atoms with Gasteiger partial charge >= 0.3 is 0 Å². The molecule has 35 heavy (non-hydrogen) atoms. The van der Waals surface area contributed by atoms with Crippen LogP contribution >= 0.6 is 11.8 Å². The Morgan fingerprint density at radius 2 is 1.94 bits per heavy atom. The van der Waals surface area contributed by atoms with Gasteiger partial charge in [0.05, 0.1) is 12.2 Å². The van der Waals surface area contributed by atoms with Crippen molar-refractivity contribution in [2.45, 2.75) is 58.2 Å². The molecule has 0 fully saturated rings. The van der Waals surface area contributed by atoms with Crippen LogP contribution in [-0.4, -0.2) is 33.0 Å². The molecular weight excluding hydrogens is 458 g/mol. The lowest BCUT2D eigenvalue weighted by molar-refractivity contribution is -0.113. The molecule has 3 aromatic rings. The maximum absolute atomic E-state index is 13.6. The molecule has 0 saturated heterocycles. The number of rotatable bonds is 10. The van der Waals surface area contributed by atoms with E-state index in [1.807, 2.05) is 67.1 Å². The monoisotopic (exact) mass is 491 g/mol. The first-order valence-corrected chi connectivity index (χ1v) is 13.2. The van der Waals surface area contributed by atoms with E-state index in [0.717, 1.165) is 53.3 Å². The first-order chi connectivity index (χ1) is 17.0. The molecule has 1 unspecified atom stereocenters. The van der Waals surface area contributed by atoms with Crippen molar-refractivity contribution < 1.29 is 9.53 Å². The minimum atomic E-state index is -0.435. The van der Waals surface area contributed by atoms with E-state index < -0.39 is 6.04 Å². The summed E-state index contributed by atoms with van der Waals surface area (Å²) in [7, 11) is 0. The predicted molar refractivity (Wildman–Crippen MR) is 142 cm³/mol. The molecule has 2 N–H and O–H groups in total. The standard InChI is InChI=1S/C27H33N5O2S/c1-5-7-15-34-22-10-8-9-20(17-22)24-23(25(33)29-21-13-11-18(3)12-14-21)19(4)28-26-30-27(31-32(24)26)35-16-6-2/h8-14,17,24H,5-7,15-16H2,1-4H3,(H,29,33)(H,28,30,31). The van der Waals surface area contributed by atoms with E-state index in [1.165, 1.54) is 0 Å². The first kappa shape index (κ1) is 24.9. The summed E-state index contributed by atoms with van der Waals surface area (Å²) in [6.45, 7) is 8.87. The molecule has 184 valence electrons. The number of hydrogen-bond donors (Lipinski definition) is 2. The molecule has 0 bridgehead atoms. The predicted octanol–water partition coefficient (Wildman–Crippen LogP) is 6.20. The van der Waals surface area contributed by atoms with E-state index in [1.54, 1.807) is 11.8 Å². The van der Waals surface area contributed by atoms with Crippen molar-refractivity contribution in [2.75, 3.05) is 23.0 Å². The Kier molecular flexibility index (Phi) is 8.13. The summed E-state index contributed by atoms with van der Waals surface area (Å²) in [4.78, 5) is 18.3. The Labute approximate surface area is 211 Å². The van der Waals surface area contributed by atoms with Gasteiger partial charge in [-0.05, 0) is 56.5 Å². The third-order valence-electron chi connectivity index (χ3n) is 5.76. The number of hydrogen-bond acceptors (Lipinski definition) is 6. The van der Waals surface area contributed by atoms with Crippen LogP contribution in [0.25, 0.3) is 0 Å². The van der Waals surface area contributed by atoms with Crippen molar-refractivity contribution in [1.29, 1.82) is 0 Å². The van der Waals surface area contributed by atoms with Gasteiger partial charge < -0.3 is 15.4 Å². The lowest BCUT2D eigenvalue weighted by Crippen LogP contribution is -2.31. The number of nitrogens with one attached hydrogen (secondary N) is 2. The van der Waals surface area contributed by atoms with Gasteiger partial charge in [-0.25, -0.2) is 4.68 Å². The Morgan fingerprint density at radius 3 is 2.69 bits per heavy atom. The highest BCUT2D eigenvalue weighted by molar-refractivity contribution is 7.99. The number of amides is 1. The Bertz CT molecular complexity index is 1200. The zero-order chi connectivity index (χ0) is 24.8. The first-order valence-electron chi connectivity index (χ1n) is 12.2. The summed E-state index contributed by atoms with van der Waals surface area (Å²) >= 11 is 1.62. The number of ether oxygens (including phenoxy) is 1. The van der Waals surface area contributed by atoms with Gasteiger partial charge in [-0.2, -0.15) is 4.98 Å². The van der Waals surface area contributed by atoms with Crippen molar-refractivity contribution in [3.63, 3.8) is 0 Å². The maximum Gasteiger partial charge on any atom is 0.255 e. The minimum absolute atomic E-state index is 0.176. The van der Waals surface area contributed by atoms with Gasteiger partial charge in [0.25, 0.3) is 5.91 Å². The molecule has 0 aliphatic carbocycles. The number of nitrogens with zero attached hydrogens (tertiary/aromatic N) is 3. The third-order valence-corrected chi connectivity index (χ3v) is 6.81. The van der Waals surface area contributed by atoms with Crippen LogP contribution < -0.4 is 15.4 Å². The number of benzene rings is 2. The zero-order valence-corrected chi connectivity index (χ0v) is 21.6. The van der Waals surface area contributed by atoms with Crippen LogP contribution in [0.1, 0.15) is 57.2 Å². The Balaban J connectivity index is 1.72. The number of anilines is 2. The van der Waals surface area contributed by atoms with E-state index in [9.17, 15) is 4.79 Å². The van der Waals surface area contributed by atoms with E-state index >= 15 is 0 Å². The fourth-order valence-corrected chi connectivity index (χ4v) is 4.62. The fraction of sp³-hybridized carbons (Fsp3) is 0.370. The molecular formula is C27H33N5O2S.